The van der Waals surface area contributed by atoms with Crippen molar-refractivity contribution in [3.05, 3.63) is 93.1 Å². The Balaban J connectivity index is 0.000000913. The maximum Gasteiger partial charge on any atom is 0.335 e. The number of nitriles is 1. The molecule has 0 unspecified atom stereocenters. The number of aryl methyl sites for hydroxylation is 1. The third-order valence-electron chi connectivity index (χ3n) is 5.08. The molecule has 0 N–H and O–H groups in total. The van der Waals surface area contributed by atoms with Gasteiger partial charge in [0.1, 0.15) is 5.75 Å². The molecule has 0 bridgehead atoms. The van der Waals surface area contributed by atoms with Gasteiger partial charge in [0.15, 0.2) is 0 Å². The summed E-state index contributed by atoms with van der Waals surface area (Å²) in [7, 11) is 1.59. The van der Waals surface area contributed by atoms with Crippen LogP contribution in [0.25, 0.3) is 16.6 Å². The van der Waals surface area contributed by atoms with Crippen molar-refractivity contribution in [2.75, 3.05) is 7.11 Å². The lowest BCUT2D eigenvalue weighted by molar-refractivity contribution is 0.414. The summed E-state index contributed by atoms with van der Waals surface area (Å²) in [5.74, 6) is 0.594. The van der Waals surface area contributed by atoms with E-state index in [1.165, 1.54) is 0 Å². The SMILES string of the molecule is COc1ccc(Cl)c(Cc2cc3c(C)cc(C#N)cc3n2-c2ccccc2)c1Cl.O=S=O. The Kier molecular flexibility index (Phi) is 7.70. The van der Waals surface area contributed by atoms with E-state index in [0.717, 1.165) is 33.4 Å². The van der Waals surface area contributed by atoms with Gasteiger partial charge < -0.3 is 9.30 Å². The minimum absolute atomic E-state index is 0.513. The van der Waals surface area contributed by atoms with Crippen LogP contribution in [0.2, 0.25) is 10.0 Å². The van der Waals surface area contributed by atoms with Gasteiger partial charge in [-0.2, -0.15) is 13.7 Å². The first-order valence-corrected chi connectivity index (χ1v) is 10.9. The van der Waals surface area contributed by atoms with E-state index in [4.69, 9.17) is 36.4 Å². The summed E-state index contributed by atoms with van der Waals surface area (Å²) >= 11 is 12.3. The molecule has 0 saturated heterocycles. The molecule has 0 atom stereocenters. The fourth-order valence-electron chi connectivity index (χ4n) is 3.69. The minimum Gasteiger partial charge on any atom is -0.495 e. The first kappa shape index (κ1) is 23.6. The Labute approximate surface area is 199 Å². The number of methoxy groups -OCH3 is 1. The number of rotatable bonds is 4. The molecule has 3 aromatic carbocycles. The molecule has 0 aliphatic carbocycles. The summed E-state index contributed by atoms with van der Waals surface area (Å²) in [5, 5.41) is 11.6. The fraction of sp³-hybridized carbons (Fsp3) is 0.125. The lowest BCUT2D eigenvalue weighted by Crippen LogP contribution is -2.02. The average Bonchev–Trinajstić information content (AvgIpc) is 3.16. The van der Waals surface area contributed by atoms with E-state index in [1.54, 1.807) is 19.2 Å². The van der Waals surface area contributed by atoms with E-state index in [-0.39, 0.29) is 0 Å². The van der Waals surface area contributed by atoms with Crippen LogP contribution < -0.4 is 4.74 Å². The van der Waals surface area contributed by atoms with E-state index in [0.29, 0.717) is 27.8 Å². The second kappa shape index (κ2) is 10.5. The van der Waals surface area contributed by atoms with Crippen LogP contribution in [-0.4, -0.2) is 20.1 Å². The number of benzene rings is 3. The number of hydrogen-bond donors (Lipinski definition) is 0. The van der Waals surface area contributed by atoms with Gasteiger partial charge >= 0.3 is 11.6 Å². The van der Waals surface area contributed by atoms with Crippen LogP contribution in [0.4, 0.5) is 0 Å². The van der Waals surface area contributed by atoms with Crippen LogP contribution in [0, 0.1) is 18.3 Å². The van der Waals surface area contributed by atoms with Gasteiger partial charge in [0.05, 0.1) is 29.3 Å². The molecule has 8 heteroatoms. The number of para-hydroxylation sites is 1. The molecule has 1 heterocycles. The van der Waals surface area contributed by atoms with Gasteiger partial charge in [0.25, 0.3) is 0 Å². The number of aromatic nitrogens is 1. The molecule has 162 valence electrons. The van der Waals surface area contributed by atoms with Crippen molar-refractivity contribution >= 4 is 45.7 Å². The second-order valence-electron chi connectivity index (χ2n) is 6.93. The fourth-order valence-corrected chi connectivity index (χ4v) is 4.27. The number of halogens is 2. The monoisotopic (exact) mass is 484 g/mol. The smallest absolute Gasteiger partial charge is 0.335 e. The van der Waals surface area contributed by atoms with Crippen LogP contribution in [0.15, 0.2) is 60.7 Å². The zero-order valence-electron chi connectivity index (χ0n) is 17.3. The predicted octanol–water partition coefficient (Wildman–Crippen LogP) is 6.05. The molecule has 0 saturated carbocycles. The van der Waals surface area contributed by atoms with Crippen LogP contribution in [-0.2, 0) is 18.0 Å². The summed E-state index contributed by atoms with van der Waals surface area (Å²) in [6, 6.07) is 21.9. The molecule has 1 aromatic heterocycles. The summed E-state index contributed by atoms with van der Waals surface area (Å²) in [4.78, 5) is 0. The van der Waals surface area contributed by atoms with Crippen molar-refractivity contribution in [3.8, 4) is 17.5 Å². The highest BCUT2D eigenvalue weighted by molar-refractivity contribution is 7.51. The molecule has 0 fully saturated rings. The second-order valence-corrected chi connectivity index (χ2v) is 7.85. The molecule has 0 aliphatic heterocycles. The molecular weight excluding hydrogens is 467 g/mol. The molecule has 5 nitrogen and oxygen atoms in total. The highest BCUT2D eigenvalue weighted by atomic mass is 35.5. The van der Waals surface area contributed by atoms with Crippen LogP contribution in [0.5, 0.6) is 5.75 Å². The third kappa shape index (κ3) is 4.71. The van der Waals surface area contributed by atoms with Crippen LogP contribution >= 0.6 is 23.2 Å². The van der Waals surface area contributed by atoms with Gasteiger partial charge in [-0.3, -0.25) is 0 Å². The summed E-state index contributed by atoms with van der Waals surface area (Å²) in [6.45, 7) is 2.02. The summed E-state index contributed by atoms with van der Waals surface area (Å²) in [6.07, 6.45) is 0.528. The zero-order chi connectivity index (χ0) is 23.3. The molecule has 4 aromatic rings. The average molecular weight is 485 g/mol. The number of ether oxygens (including phenoxy) is 1. The van der Waals surface area contributed by atoms with Crippen LogP contribution in [0.1, 0.15) is 22.4 Å². The molecule has 32 heavy (non-hydrogen) atoms. The highest BCUT2D eigenvalue weighted by Crippen LogP contribution is 2.37. The standard InChI is InChI=1S/C24H18Cl2N2O.O2S/c1-15-10-16(14-27)11-22-19(15)12-18(28(22)17-6-4-3-5-7-17)13-20-21(25)8-9-23(29-2)24(20)26;1-3-2/h3-12H,13H2,1-2H3;. The number of hydrogen-bond acceptors (Lipinski definition) is 4. The van der Waals surface area contributed by atoms with Crippen molar-refractivity contribution in [1.29, 1.82) is 5.26 Å². The maximum absolute atomic E-state index is 9.45. The first-order valence-electron chi connectivity index (χ1n) is 9.48. The van der Waals surface area contributed by atoms with Gasteiger partial charge in [-0.05, 0) is 60.5 Å². The van der Waals surface area contributed by atoms with Crippen molar-refractivity contribution in [1.82, 2.24) is 4.57 Å². The van der Waals surface area contributed by atoms with Gasteiger partial charge in [-0.15, -0.1) is 0 Å². The number of fused-ring (bicyclic) bond motifs is 1. The summed E-state index contributed by atoms with van der Waals surface area (Å²) < 4.78 is 24.1. The van der Waals surface area contributed by atoms with Gasteiger partial charge in [-0.1, -0.05) is 41.4 Å². The normalized spacial score (nSPS) is 10.2. The van der Waals surface area contributed by atoms with Crippen molar-refractivity contribution in [3.63, 3.8) is 0 Å². The Hall–Kier alpha value is -3.11. The maximum atomic E-state index is 9.45. The Morgan fingerprint density at radius 3 is 2.38 bits per heavy atom. The molecule has 4 rings (SSSR count). The molecule has 0 aliphatic rings. The van der Waals surface area contributed by atoms with E-state index in [1.807, 2.05) is 49.4 Å². The first-order chi connectivity index (χ1) is 15.4. The summed E-state index contributed by atoms with van der Waals surface area (Å²) in [5.41, 5.74) is 5.53. The molecule has 0 spiro atoms. The van der Waals surface area contributed by atoms with E-state index < -0.39 is 11.6 Å². The van der Waals surface area contributed by atoms with Crippen LogP contribution in [0.3, 0.4) is 0 Å². The third-order valence-corrected chi connectivity index (χ3v) is 5.84. The minimum atomic E-state index is -0.750. The molecule has 0 radical (unpaired) electrons. The van der Waals surface area contributed by atoms with Crippen molar-refractivity contribution in [2.45, 2.75) is 13.3 Å². The molecule has 0 amide bonds. The van der Waals surface area contributed by atoms with Crippen molar-refractivity contribution in [2.24, 2.45) is 0 Å². The van der Waals surface area contributed by atoms with Gasteiger partial charge in [-0.25, -0.2) is 0 Å². The largest absolute Gasteiger partial charge is 0.495 e. The van der Waals surface area contributed by atoms with Gasteiger partial charge in [0.2, 0.25) is 0 Å². The Morgan fingerprint density at radius 1 is 1.06 bits per heavy atom. The van der Waals surface area contributed by atoms with E-state index >= 15 is 0 Å². The Bertz CT molecular complexity index is 1360. The van der Waals surface area contributed by atoms with E-state index in [2.05, 4.69) is 16.7 Å². The van der Waals surface area contributed by atoms with Crippen molar-refractivity contribution < 1.29 is 13.2 Å². The van der Waals surface area contributed by atoms with Gasteiger partial charge in [0, 0.05) is 28.2 Å². The lowest BCUT2D eigenvalue weighted by Gasteiger charge is -2.14. The zero-order valence-corrected chi connectivity index (χ0v) is 19.6. The predicted molar refractivity (Wildman–Crippen MR) is 127 cm³/mol. The lowest BCUT2D eigenvalue weighted by atomic mass is 10.1. The number of nitrogens with zero attached hydrogens (tertiary/aromatic N) is 2. The Morgan fingerprint density at radius 2 is 1.75 bits per heavy atom. The topological polar surface area (TPSA) is 72.1 Å². The highest BCUT2D eigenvalue weighted by Gasteiger charge is 2.18. The quantitative estimate of drug-likeness (QED) is 0.353. The molecular formula is C24H18Cl2N2O3S. The van der Waals surface area contributed by atoms with E-state index in [9.17, 15) is 5.26 Å².